The average Bonchev–Trinajstić information content (AvgIpc) is 3.03. The quantitative estimate of drug-likeness (QED) is 0.460. The number of esters is 1. The standard InChI is InChI=1S/C18H18N2O6S/c1-25-18(22)16-13-7-2-3-8-14(13)27-17(16)19-15(21)10-26-12-6-4-5-11(9-12)20(23)24/h4-6,9H,2-3,7-8,10H2,1H3,(H,19,21). The zero-order valence-corrected chi connectivity index (χ0v) is 15.5. The van der Waals surface area contributed by atoms with E-state index >= 15 is 0 Å². The third-order valence-electron chi connectivity index (χ3n) is 4.21. The van der Waals surface area contributed by atoms with Crippen molar-refractivity contribution in [3.8, 4) is 5.75 Å². The maximum Gasteiger partial charge on any atom is 0.341 e. The van der Waals surface area contributed by atoms with E-state index < -0.39 is 16.8 Å². The number of nitro groups is 1. The third-order valence-corrected chi connectivity index (χ3v) is 5.42. The molecule has 27 heavy (non-hydrogen) atoms. The molecule has 142 valence electrons. The number of amides is 1. The fraction of sp³-hybridized carbons (Fsp3) is 0.333. The van der Waals surface area contributed by atoms with Gasteiger partial charge in [-0.25, -0.2) is 4.79 Å². The van der Waals surface area contributed by atoms with Gasteiger partial charge in [-0.05, 0) is 37.3 Å². The van der Waals surface area contributed by atoms with Gasteiger partial charge in [-0.2, -0.15) is 0 Å². The topological polar surface area (TPSA) is 108 Å². The fourth-order valence-electron chi connectivity index (χ4n) is 2.97. The van der Waals surface area contributed by atoms with Crippen molar-refractivity contribution in [2.45, 2.75) is 25.7 Å². The Morgan fingerprint density at radius 3 is 2.81 bits per heavy atom. The molecular formula is C18H18N2O6S. The summed E-state index contributed by atoms with van der Waals surface area (Å²) in [6, 6.07) is 5.60. The molecule has 0 radical (unpaired) electrons. The van der Waals surface area contributed by atoms with Gasteiger partial charge < -0.3 is 14.8 Å². The molecule has 1 aliphatic carbocycles. The van der Waals surface area contributed by atoms with Gasteiger partial charge in [0.2, 0.25) is 0 Å². The second kappa shape index (κ2) is 8.17. The number of methoxy groups -OCH3 is 1. The van der Waals surface area contributed by atoms with Gasteiger partial charge in [-0.1, -0.05) is 6.07 Å². The van der Waals surface area contributed by atoms with Crippen LogP contribution in [0.1, 0.15) is 33.6 Å². The van der Waals surface area contributed by atoms with Crippen LogP contribution in [0.15, 0.2) is 24.3 Å². The molecule has 1 aromatic carbocycles. The highest BCUT2D eigenvalue weighted by molar-refractivity contribution is 7.17. The molecule has 1 heterocycles. The number of hydrogen-bond acceptors (Lipinski definition) is 7. The first-order valence-corrected chi connectivity index (χ1v) is 9.21. The van der Waals surface area contributed by atoms with Gasteiger partial charge in [0.1, 0.15) is 10.8 Å². The summed E-state index contributed by atoms with van der Waals surface area (Å²) < 4.78 is 10.2. The van der Waals surface area contributed by atoms with E-state index in [1.807, 2.05) is 0 Å². The molecule has 1 aromatic heterocycles. The van der Waals surface area contributed by atoms with E-state index in [1.54, 1.807) is 0 Å². The molecule has 0 saturated carbocycles. The fourth-order valence-corrected chi connectivity index (χ4v) is 4.26. The number of anilines is 1. The van der Waals surface area contributed by atoms with Crippen molar-refractivity contribution in [2.75, 3.05) is 19.0 Å². The molecule has 0 bridgehead atoms. The molecule has 1 amide bonds. The maximum atomic E-state index is 12.3. The number of ether oxygens (including phenoxy) is 2. The van der Waals surface area contributed by atoms with Gasteiger partial charge in [0.25, 0.3) is 11.6 Å². The Kier molecular flexibility index (Phi) is 5.70. The molecule has 8 nitrogen and oxygen atoms in total. The second-order valence-corrected chi connectivity index (χ2v) is 7.10. The van der Waals surface area contributed by atoms with Crippen molar-refractivity contribution in [3.05, 3.63) is 50.4 Å². The molecule has 2 aromatic rings. The van der Waals surface area contributed by atoms with Gasteiger partial charge in [-0.3, -0.25) is 14.9 Å². The Balaban J connectivity index is 1.71. The molecule has 0 saturated heterocycles. The smallest absolute Gasteiger partial charge is 0.341 e. The lowest BCUT2D eigenvalue weighted by molar-refractivity contribution is -0.384. The maximum absolute atomic E-state index is 12.3. The normalized spacial score (nSPS) is 12.8. The van der Waals surface area contributed by atoms with E-state index in [-0.39, 0.29) is 18.0 Å². The molecule has 0 atom stereocenters. The Labute approximate surface area is 159 Å². The summed E-state index contributed by atoms with van der Waals surface area (Å²) in [4.78, 5) is 35.8. The number of rotatable bonds is 6. The van der Waals surface area contributed by atoms with Crippen molar-refractivity contribution in [1.29, 1.82) is 0 Å². The largest absolute Gasteiger partial charge is 0.484 e. The Hall–Kier alpha value is -2.94. The summed E-state index contributed by atoms with van der Waals surface area (Å²) >= 11 is 1.38. The minimum Gasteiger partial charge on any atom is -0.484 e. The van der Waals surface area contributed by atoms with E-state index in [0.29, 0.717) is 10.6 Å². The summed E-state index contributed by atoms with van der Waals surface area (Å²) in [6.45, 7) is -0.329. The van der Waals surface area contributed by atoms with E-state index in [1.165, 1.54) is 42.7 Å². The molecule has 0 aliphatic heterocycles. The Bertz CT molecular complexity index is 892. The van der Waals surface area contributed by atoms with Crippen LogP contribution in [0, 0.1) is 10.1 Å². The Morgan fingerprint density at radius 2 is 2.07 bits per heavy atom. The summed E-state index contributed by atoms with van der Waals surface area (Å²) in [6.07, 6.45) is 3.72. The number of aryl methyl sites for hydroxylation is 1. The highest BCUT2D eigenvalue weighted by Gasteiger charge is 2.27. The number of nitrogens with one attached hydrogen (secondary N) is 1. The molecule has 1 N–H and O–H groups in total. The molecule has 3 rings (SSSR count). The van der Waals surface area contributed by atoms with Gasteiger partial charge in [0, 0.05) is 10.9 Å². The SMILES string of the molecule is COC(=O)c1c(NC(=O)COc2cccc([N+](=O)[O-])c2)sc2c1CCCC2. The number of carbonyl (C=O) groups excluding carboxylic acids is 2. The number of benzene rings is 1. The number of non-ortho nitro benzene ring substituents is 1. The molecule has 0 fully saturated rings. The third kappa shape index (κ3) is 4.25. The van der Waals surface area contributed by atoms with Crippen LogP contribution in [-0.4, -0.2) is 30.5 Å². The highest BCUT2D eigenvalue weighted by Crippen LogP contribution is 2.38. The zero-order chi connectivity index (χ0) is 19.4. The molecule has 0 spiro atoms. The van der Waals surface area contributed by atoms with Crippen LogP contribution in [0.5, 0.6) is 5.75 Å². The van der Waals surface area contributed by atoms with E-state index in [0.717, 1.165) is 36.1 Å². The van der Waals surface area contributed by atoms with Crippen molar-refractivity contribution >= 4 is 33.9 Å². The molecule has 0 unspecified atom stereocenters. The average molecular weight is 390 g/mol. The van der Waals surface area contributed by atoms with Gasteiger partial charge in [0.05, 0.1) is 23.7 Å². The van der Waals surface area contributed by atoms with Crippen LogP contribution in [0.25, 0.3) is 0 Å². The lowest BCUT2D eigenvalue weighted by Crippen LogP contribution is -2.21. The predicted molar refractivity (Wildman–Crippen MR) is 99.5 cm³/mol. The second-order valence-electron chi connectivity index (χ2n) is 6.00. The van der Waals surface area contributed by atoms with Gasteiger partial charge >= 0.3 is 5.97 Å². The Morgan fingerprint density at radius 1 is 1.30 bits per heavy atom. The summed E-state index contributed by atoms with van der Waals surface area (Å²) in [5.74, 6) is -0.701. The van der Waals surface area contributed by atoms with E-state index in [4.69, 9.17) is 9.47 Å². The first-order chi connectivity index (χ1) is 13.0. The van der Waals surface area contributed by atoms with Crippen LogP contribution >= 0.6 is 11.3 Å². The van der Waals surface area contributed by atoms with Crippen LogP contribution in [0.4, 0.5) is 10.7 Å². The van der Waals surface area contributed by atoms with Crippen molar-refractivity contribution < 1.29 is 24.0 Å². The summed E-state index contributed by atoms with van der Waals surface area (Å²) in [7, 11) is 1.31. The van der Waals surface area contributed by atoms with Crippen molar-refractivity contribution in [1.82, 2.24) is 0 Å². The van der Waals surface area contributed by atoms with E-state index in [2.05, 4.69) is 5.32 Å². The van der Waals surface area contributed by atoms with Gasteiger partial charge in [0.15, 0.2) is 6.61 Å². The number of nitro benzene ring substituents is 1. The van der Waals surface area contributed by atoms with Crippen molar-refractivity contribution in [2.24, 2.45) is 0 Å². The van der Waals surface area contributed by atoms with Crippen LogP contribution in [0.2, 0.25) is 0 Å². The van der Waals surface area contributed by atoms with Gasteiger partial charge in [-0.15, -0.1) is 11.3 Å². The number of hydrogen-bond donors (Lipinski definition) is 1. The molecule has 9 heteroatoms. The van der Waals surface area contributed by atoms with E-state index in [9.17, 15) is 19.7 Å². The minimum atomic E-state index is -0.536. The van der Waals surface area contributed by atoms with Crippen LogP contribution < -0.4 is 10.1 Å². The van der Waals surface area contributed by atoms with Crippen LogP contribution in [-0.2, 0) is 22.4 Å². The number of fused-ring (bicyclic) bond motifs is 1. The number of thiophene rings is 1. The first kappa shape index (κ1) is 18.8. The summed E-state index contributed by atoms with van der Waals surface area (Å²) in [5, 5.41) is 14.0. The lowest BCUT2D eigenvalue weighted by Gasteiger charge is -2.11. The lowest BCUT2D eigenvalue weighted by atomic mass is 9.95. The highest BCUT2D eigenvalue weighted by atomic mass is 32.1. The summed E-state index contributed by atoms with van der Waals surface area (Å²) in [5.41, 5.74) is 1.25. The van der Waals surface area contributed by atoms with Crippen molar-refractivity contribution in [3.63, 3.8) is 0 Å². The predicted octanol–water partition coefficient (Wildman–Crippen LogP) is 3.34. The monoisotopic (exact) mass is 390 g/mol. The zero-order valence-electron chi connectivity index (χ0n) is 14.6. The van der Waals surface area contributed by atoms with Crippen LogP contribution in [0.3, 0.4) is 0 Å². The first-order valence-electron chi connectivity index (χ1n) is 8.39. The molecule has 1 aliphatic rings. The molecular weight excluding hydrogens is 372 g/mol. The number of nitrogens with zero attached hydrogens (tertiary/aromatic N) is 1. The minimum absolute atomic E-state index is 0.119. The number of carbonyl (C=O) groups is 2.